The highest BCUT2D eigenvalue weighted by atomic mass is 35.5. The molecule has 2 saturated heterocycles. The zero-order valence-corrected chi connectivity index (χ0v) is 34.4. The van der Waals surface area contributed by atoms with Gasteiger partial charge < -0.3 is 45.1 Å². The lowest BCUT2D eigenvalue weighted by atomic mass is 9.80. The van der Waals surface area contributed by atoms with E-state index in [1.165, 1.54) is 16.7 Å². The van der Waals surface area contributed by atoms with Crippen molar-refractivity contribution in [1.29, 1.82) is 0 Å². The van der Waals surface area contributed by atoms with Crippen LogP contribution in [0.25, 0.3) is 0 Å². The molecule has 0 aliphatic carbocycles. The maximum Gasteiger partial charge on any atom is 0.255 e. The summed E-state index contributed by atoms with van der Waals surface area (Å²) in [4.78, 5) is 75.2. The topological polar surface area (TPSA) is 217 Å². The number of nitrogens with one attached hydrogen (secondary N) is 3. The summed E-state index contributed by atoms with van der Waals surface area (Å²) in [5.74, 6) is -1.03. The Balaban J connectivity index is 0.768. The summed E-state index contributed by atoms with van der Waals surface area (Å²) >= 11 is 7.91. The Morgan fingerprint density at radius 1 is 0.898 bits per heavy atom. The number of carbonyl (C=O) groups excluding carboxylic acids is 5. The van der Waals surface area contributed by atoms with Crippen LogP contribution in [-0.2, 0) is 44.7 Å². The van der Waals surface area contributed by atoms with Gasteiger partial charge in [0.15, 0.2) is 0 Å². The number of hydrogen-bond donors (Lipinski definition) is 4. The van der Waals surface area contributed by atoms with Crippen molar-refractivity contribution in [2.24, 2.45) is 11.1 Å². The molecule has 4 heterocycles. The predicted molar refractivity (Wildman–Crippen MR) is 219 cm³/mol. The van der Waals surface area contributed by atoms with E-state index in [4.69, 9.17) is 36.3 Å². The van der Waals surface area contributed by atoms with Crippen LogP contribution >= 0.6 is 23.4 Å². The molecule has 1 unspecified atom stereocenters. The summed E-state index contributed by atoms with van der Waals surface area (Å²) in [6, 6.07) is 9.55. The van der Waals surface area contributed by atoms with Crippen molar-refractivity contribution in [3.8, 4) is 0 Å². The van der Waals surface area contributed by atoms with E-state index < -0.39 is 17.9 Å². The third-order valence-electron chi connectivity index (χ3n) is 10.2. The van der Waals surface area contributed by atoms with Gasteiger partial charge >= 0.3 is 0 Å². The van der Waals surface area contributed by atoms with Gasteiger partial charge in [-0.05, 0) is 67.1 Å². The average Bonchev–Trinajstić information content (AvgIpc) is 3.54. The molecule has 19 heteroatoms. The van der Waals surface area contributed by atoms with E-state index in [-0.39, 0.29) is 82.2 Å². The standard InChI is InChI=1S/C40H49ClN8O9S/c1-40(25-42)8-10-48(11-9-40)33-20-44-37(21-43-33)59-32-6-4-28(19-30(32)41)46-36(52)24-58-17-15-56-13-12-55-14-16-57-23-35(51)45-27-3-2-26-22-49(39(54)29(26)18-27)31-5-7-34(50)47-38(31)53/h2-4,6,18-21,31H,5,7-17,22-25,42H2,1H3,(H,45,51)(H,46,52)(H,47,50,53). The zero-order chi connectivity index (χ0) is 41.8. The largest absolute Gasteiger partial charge is 0.377 e. The fourth-order valence-corrected chi connectivity index (χ4v) is 7.72. The van der Waals surface area contributed by atoms with Crippen LogP contribution in [-0.4, -0.2) is 123 Å². The van der Waals surface area contributed by atoms with Crippen LogP contribution in [0, 0.1) is 5.41 Å². The molecule has 3 aliphatic heterocycles. The maximum atomic E-state index is 13.0. The number of hydrogen-bond acceptors (Lipinski definition) is 14. The quantitative estimate of drug-likeness (QED) is 0.0949. The van der Waals surface area contributed by atoms with Gasteiger partial charge in [-0.25, -0.2) is 9.97 Å². The zero-order valence-electron chi connectivity index (χ0n) is 32.8. The summed E-state index contributed by atoms with van der Waals surface area (Å²) in [5, 5.41) is 8.95. The van der Waals surface area contributed by atoms with Crippen molar-refractivity contribution < 1.29 is 42.9 Å². The number of piperidine rings is 2. The molecule has 316 valence electrons. The van der Waals surface area contributed by atoms with Crippen LogP contribution in [0.3, 0.4) is 0 Å². The van der Waals surface area contributed by atoms with E-state index in [1.54, 1.807) is 42.7 Å². The minimum absolute atomic E-state index is 0.156. The van der Waals surface area contributed by atoms with E-state index in [1.807, 2.05) is 6.07 Å². The molecule has 0 spiro atoms. The highest BCUT2D eigenvalue weighted by molar-refractivity contribution is 7.99. The molecule has 5 amide bonds. The van der Waals surface area contributed by atoms with Crippen molar-refractivity contribution in [2.75, 3.05) is 88.0 Å². The first-order chi connectivity index (χ1) is 28.5. The molecule has 2 aromatic carbocycles. The van der Waals surface area contributed by atoms with Crippen molar-refractivity contribution in [3.63, 3.8) is 0 Å². The number of aromatic nitrogens is 2. The number of fused-ring (bicyclic) bond motifs is 1. The molecule has 1 atom stereocenters. The molecule has 0 saturated carbocycles. The Hall–Kier alpha value is -4.69. The number of halogens is 1. The van der Waals surface area contributed by atoms with E-state index in [0.29, 0.717) is 46.7 Å². The maximum absolute atomic E-state index is 13.0. The third kappa shape index (κ3) is 12.4. The van der Waals surface area contributed by atoms with Gasteiger partial charge in [0, 0.05) is 47.9 Å². The van der Waals surface area contributed by atoms with Crippen LogP contribution in [0.5, 0.6) is 0 Å². The smallest absolute Gasteiger partial charge is 0.255 e. The second kappa shape index (κ2) is 21.0. The SMILES string of the molecule is CC1(CN)CCN(c2cnc(Sc3ccc(NC(=O)COCCOCCOCCOCC(=O)Nc4ccc5c(c4)C(=O)N(C4CCC(=O)NC4=O)C5)cc3Cl)cn2)CC1. The average molecular weight is 853 g/mol. The normalized spacial score (nSPS) is 17.5. The highest BCUT2D eigenvalue weighted by Gasteiger charge is 2.39. The molecule has 3 aliphatic rings. The van der Waals surface area contributed by atoms with Gasteiger partial charge in [0.1, 0.15) is 30.1 Å². The van der Waals surface area contributed by atoms with E-state index in [2.05, 4.69) is 37.7 Å². The summed E-state index contributed by atoms with van der Waals surface area (Å²) in [5.41, 5.74) is 8.23. The number of nitrogens with two attached hydrogens (primary N) is 1. The van der Waals surface area contributed by atoms with Gasteiger partial charge in [-0.3, -0.25) is 29.3 Å². The molecule has 5 N–H and O–H groups in total. The number of ether oxygens (including phenoxy) is 4. The second-order valence-electron chi connectivity index (χ2n) is 14.7. The Bertz CT molecular complexity index is 1980. The van der Waals surface area contributed by atoms with Gasteiger partial charge in [-0.1, -0.05) is 36.4 Å². The van der Waals surface area contributed by atoms with Crippen LogP contribution in [0.1, 0.15) is 48.5 Å². The first-order valence-corrected chi connectivity index (χ1v) is 20.6. The van der Waals surface area contributed by atoms with Crippen LogP contribution < -0.4 is 26.6 Å². The first kappa shape index (κ1) is 43.9. The Morgan fingerprint density at radius 2 is 1.53 bits per heavy atom. The molecular formula is C40H49ClN8O9S. The number of imide groups is 1. The minimum atomic E-state index is -0.706. The van der Waals surface area contributed by atoms with E-state index in [9.17, 15) is 24.0 Å². The molecule has 1 aromatic heterocycles. The van der Waals surface area contributed by atoms with E-state index >= 15 is 0 Å². The summed E-state index contributed by atoms with van der Waals surface area (Å²) in [6.07, 6.45) is 6.03. The molecule has 6 rings (SSSR count). The number of carbonyl (C=O) groups is 5. The minimum Gasteiger partial charge on any atom is -0.377 e. The first-order valence-electron chi connectivity index (χ1n) is 19.4. The molecule has 59 heavy (non-hydrogen) atoms. The van der Waals surface area contributed by atoms with Crippen LogP contribution in [0.2, 0.25) is 5.02 Å². The number of anilines is 3. The lowest BCUT2D eigenvalue weighted by molar-refractivity contribution is -0.137. The van der Waals surface area contributed by atoms with E-state index in [0.717, 1.165) is 42.2 Å². The monoisotopic (exact) mass is 852 g/mol. The van der Waals surface area contributed by atoms with Gasteiger partial charge in [-0.2, -0.15) is 0 Å². The molecule has 17 nitrogen and oxygen atoms in total. The molecule has 0 radical (unpaired) electrons. The second-order valence-corrected chi connectivity index (χ2v) is 16.1. The summed E-state index contributed by atoms with van der Waals surface area (Å²) in [7, 11) is 0. The van der Waals surface area contributed by atoms with Crippen LogP contribution in [0.4, 0.5) is 17.2 Å². The summed E-state index contributed by atoms with van der Waals surface area (Å²) in [6.45, 7) is 6.12. The number of rotatable bonds is 20. The van der Waals surface area contributed by atoms with Gasteiger partial charge in [0.05, 0.1) is 57.1 Å². The molecule has 0 bridgehead atoms. The molecule has 2 fully saturated rings. The number of benzene rings is 2. The van der Waals surface area contributed by atoms with Crippen molar-refractivity contribution in [3.05, 3.63) is 64.9 Å². The fraction of sp³-hybridized carbons (Fsp3) is 0.475. The van der Waals surface area contributed by atoms with Gasteiger partial charge in [-0.15, -0.1) is 0 Å². The third-order valence-corrected chi connectivity index (χ3v) is 11.6. The Labute approximate surface area is 351 Å². The number of nitrogens with zero attached hydrogens (tertiary/aromatic N) is 4. The lowest BCUT2D eigenvalue weighted by Crippen LogP contribution is -2.52. The van der Waals surface area contributed by atoms with Crippen LogP contribution in [0.15, 0.2) is 58.7 Å². The highest BCUT2D eigenvalue weighted by Crippen LogP contribution is 2.35. The summed E-state index contributed by atoms with van der Waals surface area (Å²) < 4.78 is 21.8. The fourth-order valence-electron chi connectivity index (χ4n) is 6.69. The van der Waals surface area contributed by atoms with Gasteiger partial charge in [0.2, 0.25) is 23.6 Å². The molecule has 3 aromatic rings. The Morgan fingerprint density at radius 3 is 2.12 bits per heavy atom. The number of amides is 5. The Kier molecular flexibility index (Phi) is 15.6. The lowest BCUT2D eigenvalue weighted by Gasteiger charge is -2.39. The van der Waals surface area contributed by atoms with Crippen molar-refractivity contribution >= 4 is 70.1 Å². The predicted octanol–water partition coefficient (Wildman–Crippen LogP) is 3.25. The molecular weight excluding hydrogens is 804 g/mol. The van der Waals surface area contributed by atoms with Gasteiger partial charge in [0.25, 0.3) is 5.91 Å². The van der Waals surface area contributed by atoms with Crippen molar-refractivity contribution in [2.45, 2.75) is 55.1 Å². The van der Waals surface area contributed by atoms with Crippen molar-refractivity contribution in [1.82, 2.24) is 20.2 Å².